The second-order valence-electron chi connectivity index (χ2n) is 8.67. The molecule has 4 nitrogen and oxygen atoms in total. The number of carbonyl (C=O) groups excluding carboxylic acids is 1. The van der Waals surface area contributed by atoms with Gasteiger partial charge < -0.3 is 15.0 Å². The summed E-state index contributed by atoms with van der Waals surface area (Å²) in [5.41, 5.74) is 12.0. The molecule has 0 spiro atoms. The molecule has 0 aliphatic heterocycles. The summed E-state index contributed by atoms with van der Waals surface area (Å²) in [6, 6.07) is 30.7. The summed E-state index contributed by atoms with van der Waals surface area (Å²) in [5.74, 6) is 0.443. The average molecular weight is 449 g/mol. The molecule has 0 atom stereocenters. The Morgan fingerprint density at radius 2 is 1.59 bits per heavy atom. The van der Waals surface area contributed by atoms with Crippen LogP contribution >= 0.6 is 0 Å². The third kappa shape index (κ3) is 4.27. The molecule has 0 bridgehead atoms. The Labute approximate surface area is 199 Å². The molecule has 2 N–H and O–H groups in total. The summed E-state index contributed by atoms with van der Waals surface area (Å²) in [7, 11) is 0. The monoisotopic (exact) mass is 448 g/mol. The van der Waals surface area contributed by atoms with E-state index in [2.05, 4.69) is 60.0 Å². The van der Waals surface area contributed by atoms with Gasteiger partial charge in [-0.2, -0.15) is 0 Å². The summed E-state index contributed by atoms with van der Waals surface area (Å²) in [5, 5.41) is 1.99. The second-order valence-corrected chi connectivity index (χ2v) is 8.67. The number of carbonyl (C=O) groups is 1. The minimum absolute atomic E-state index is 0.401. The molecule has 0 aliphatic rings. The topological polar surface area (TPSA) is 57.2 Å². The summed E-state index contributed by atoms with van der Waals surface area (Å²) >= 11 is 0. The molecule has 0 fully saturated rings. The Balaban J connectivity index is 1.50. The van der Waals surface area contributed by atoms with Crippen molar-refractivity contribution < 1.29 is 9.53 Å². The number of aryl methyl sites for hydroxylation is 1. The third-order valence-corrected chi connectivity index (χ3v) is 6.27. The van der Waals surface area contributed by atoms with Crippen molar-refractivity contribution in [3.8, 4) is 5.75 Å². The molecule has 0 saturated heterocycles. The van der Waals surface area contributed by atoms with E-state index in [-0.39, 0.29) is 0 Å². The number of hydrogen-bond acceptors (Lipinski definition) is 2. The fourth-order valence-corrected chi connectivity index (χ4v) is 4.62. The van der Waals surface area contributed by atoms with E-state index in [1.165, 1.54) is 5.56 Å². The van der Waals surface area contributed by atoms with Crippen LogP contribution in [0, 0.1) is 0 Å². The van der Waals surface area contributed by atoms with Crippen molar-refractivity contribution in [3.63, 3.8) is 0 Å². The zero-order valence-corrected chi connectivity index (χ0v) is 19.3. The molecule has 4 aromatic carbocycles. The Bertz CT molecular complexity index is 1450. The average Bonchev–Trinajstić information content (AvgIpc) is 3.17. The smallest absolute Gasteiger partial charge is 0.249 e. The van der Waals surface area contributed by atoms with Gasteiger partial charge in [0.15, 0.2) is 0 Å². The van der Waals surface area contributed by atoms with Gasteiger partial charge in [0.05, 0.1) is 5.52 Å². The van der Waals surface area contributed by atoms with Crippen molar-refractivity contribution in [1.82, 2.24) is 4.57 Å². The predicted molar refractivity (Wildman–Crippen MR) is 138 cm³/mol. The molecule has 170 valence electrons. The fourth-order valence-electron chi connectivity index (χ4n) is 4.62. The van der Waals surface area contributed by atoms with Crippen LogP contribution in [0.3, 0.4) is 0 Å². The second kappa shape index (κ2) is 9.44. The third-order valence-electron chi connectivity index (χ3n) is 6.27. The Hall–Kier alpha value is -4.05. The number of amides is 1. The minimum Gasteiger partial charge on any atom is -0.489 e. The summed E-state index contributed by atoms with van der Waals surface area (Å²) in [4.78, 5) is 12.2. The lowest BCUT2D eigenvalue weighted by molar-refractivity contribution is 0.100. The molecule has 0 unspecified atom stereocenters. The number of nitrogens with zero attached hydrogens (tertiary/aromatic N) is 1. The molecule has 0 saturated carbocycles. The molecule has 1 aromatic heterocycles. The maximum absolute atomic E-state index is 12.2. The first kappa shape index (κ1) is 21.8. The number of ether oxygens (including phenoxy) is 1. The number of fused-ring (bicyclic) bond motifs is 3. The van der Waals surface area contributed by atoms with Crippen LogP contribution in [-0.2, 0) is 19.6 Å². The van der Waals surface area contributed by atoms with E-state index in [0.717, 1.165) is 51.5 Å². The van der Waals surface area contributed by atoms with Crippen LogP contribution < -0.4 is 10.5 Å². The van der Waals surface area contributed by atoms with Gasteiger partial charge in [0.2, 0.25) is 5.91 Å². The van der Waals surface area contributed by atoms with E-state index in [1.807, 2.05) is 42.5 Å². The molecular weight excluding hydrogens is 420 g/mol. The summed E-state index contributed by atoms with van der Waals surface area (Å²) in [6.07, 6.45) is 2.11. The molecule has 1 heterocycles. The Morgan fingerprint density at radius 1 is 0.824 bits per heavy atom. The Morgan fingerprint density at radius 3 is 2.32 bits per heavy atom. The molecule has 34 heavy (non-hydrogen) atoms. The number of rotatable bonds is 8. The van der Waals surface area contributed by atoms with Crippen LogP contribution in [0.25, 0.3) is 21.8 Å². The zero-order chi connectivity index (χ0) is 23.5. The first-order valence-corrected chi connectivity index (χ1v) is 11.7. The first-order chi connectivity index (χ1) is 16.6. The van der Waals surface area contributed by atoms with Crippen LogP contribution in [0.1, 0.15) is 40.4 Å². The van der Waals surface area contributed by atoms with Crippen LogP contribution in [0.4, 0.5) is 0 Å². The maximum Gasteiger partial charge on any atom is 0.249 e. The molecule has 5 rings (SSSR count). The van der Waals surface area contributed by atoms with Gasteiger partial charge in [-0.25, -0.2) is 0 Å². The van der Waals surface area contributed by atoms with Crippen molar-refractivity contribution in [3.05, 3.63) is 113 Å². The maximum atomic E-state index is 12.2. The minimum atomic E-state index is -0.401. The number of hydrogen-bond donors (Lipinski definition) is 1. The van der Waals surface area contributed by atoms with E-state index < -0.39 is 5.91 Å². The van der Waals surface area contributed by atoms with E-state index in [9.17, 15) is 4.79 Å². The van der Waals surface area contributed by atoms with Crippen molar-refractivity contribution >= 4 is 27.7 Å². The molecule has 0 radical (unpaired) electrons. The number of nitrogens with two attached hydrogens (primary N) is 1. The van der Waals surface area contributed by atoms with Gasteiger partial charge in [0, 0.05) is 28.4 Å². The molecule has 5 aromatic rings. The van der Waals surface area contributed by atoms with Crippen LogP contribution in [-0.4, -0.2) is 10.5 Å². The predicted octanol–water partition coefficient (Wildman–Crippen LogP) is 6.47. The van der Waals surface area contributed by atoms with Gasteiger partial charge in [-0.15, -0.1) is 0 Å². The SMILES string of the molecule is CCCc1ccc2c3c(C(N)=O)cccc3n(Cc3ccc(OCc4ccccc4)cc3)c2c1. The van der Waals surface area contributed by atoms with Crippen LogP contribution in [0.2, 0.25) is 0 Å². The van der Waals surface area contributed by atoms with Gasteiger partial charge in [0.1, 0.15) is 12.4 Å². The van der Waals surface area contributed by atoms with Crippen LogP contribution in [0.15, 0.2) is 91.0 Å². The number of benzene rings is 4. The van der Waals surface area contributed by atoms with Gasteiger partial charge in [-0.3, -0.25) is 4.79 Å². The van der Waals surface area contributed by atoms with E-state index in [1.54, 1.807) is 0 Å². The highest BCUT2D eigenvalue weighted by Gasteiger charge is 2.17. The van der Waals surface area contributed by atoms with Gasteiger partial charge in [0.25, 0.3) is 0 Å². The number of primary amides is 1. The number of aromatic nitrogens is 1. The van der Waals surface area contributed by atoms with Crippen molar-refractivity contribution in [2.75, 3.05) is 0 Å². The zero-order valence-electron chi connectivity index (χ0n) is 19.3. The van der Waals surface area contributed by atoms with Crippen molar-refractivity contribution in [2.45, 2.75) is 32.9 Å². The van der Waals surface area contributed by atoms with E-state index >= 15 is 0 Å². The lowest BCUT2D eigenvalue weighted by atomic mass is 10.0. The van der Waals surface area contributed by atoms with Gasteiger partial charge in [-0.05, 0) is 53.4 Å². The quantitative estimate of drug-likeness (QED) is 0.296. The molecular formula is C30H28N2O2. The first-order valence-electron chi connectivity index (χ1n) is 11.7. The lowest BCUT2D eigenvalue weighted by Crippen LogP contribution is -2.11. The summed E-state index contributed by atoms with van der Waals surface area (Å²) in [6.45, 7) is 3.42. The standard InChI is InChI=1S/C30H28N2O2/c1-2-7-21-14-17-25-28(18-21)32(27-11-6-10-26(29(25)27)30(31)33)19-22-12-15-24(16-13-22)34-20-23-8-4-3-5-9-23/h3-6,8-18H,2,7,19-20H2,1H3,(H2,31,33). The van der Waals surface area contributed by atoms with E-state index in [0.29, 0.717) is 18.7 Å². The van der Waals surface area contributed by atoms with E-state index in [4.69, 9.17) is 10.5 Å². The van der Waals surface area contributed by atoms with Gasteiger partial charge >= 0.3 is 0 Å². The normalized spacial score (nSPS) is 11.2. The largest absolute Gasteiger partial charge is 0.489 e. The fraction of sp³-hybridized carbons (Fsp3) is 0.167. The van der Waals surface area contributed by atoms with Gasteiger partial charge in [-0.1, -0.05) is 74.0 Å². The van der Waals surface area contributed by atoms with Crippen molar-refractivity contribution in [2.24, 2.45) is 5.73 Å². The molecule has 0 aliphatic carbocycles. The van der Waals surface area contributed by atoms with Crippen molar-refractivity contribution in [1.29, 1.82) is 0 Å². The molecule has 4 heteroatoms. The van der Waals surface area contributed by atoms with Crippen LogP contribution in [0.5, 0.6) is 5.75 Å². The lowest BCUT2D eigenvalue weighted by Gasteiger charge is -2.11. The molecule has 1 amide bonds. The highest BCUT2D eigenvalue weighted by atomic mass is 16.5. The Kier molecular flexibility index (Phi) is 6.05. The highest BCUT2D eigenvalue weighted by molar-refractivity contribution is 6.18. The summed E-state index contributed by atoms with van der Waals surface area (Å²) < 4.78 is 8.24. The highest BCUT2D eigenvalue weighted by Crippen LogP contribution is 2.33.